The van der Waals surface area contributed by atoms with Crippen LogP contribution in [-0.4, -0.2) is 32.6 Å². The van der Waals surface area contributed by atoms with E-state index in [1.165, 1.54) is 0 Å². The molecule has 0 aliphatic rings. The Morgan fingerprint density at radius 1 is 1.18 bits per heavy atom. The van der Waals surface area contributed by atoms with Gasteiger partial charge in [-0.15, -0.1) is 10.2 Å². The van der Waals surface area contributed by atoms with E-state index in [1.807, 2.05) is 52.2 Å². The molecule has 0 saturated carbocycles. The maximum atomic E-state index is 12.0. The minimum atomic E-state index is -0.233. The second-order valence-corrected chi connectivity index (χ2v) is 7.14. The highest BCUT2D eigenvalue weighted by molar-refractivity contribution is 5.92. The lowest BCUT2D eigenvalue weighted by molar-refractivity contribution is 0.0942. The van der Waals surface area contributed by atoms with E-state index in [4.69, 9.17) is 4.74 Å². The molecule has 3 aromatic heterocycles. The zero-order valence-corrected chi connectivity index (χ0v) is 16.6. The number of nitrogens with zero attached hydrogens (tertiary/aromatic N) is 3. The van der Waals surface area contributed by atoms with Crippen molar-refractivity contribution >= 4 is 5.91 Å². The summed E-state index contributed by atoms with van der Waals surface area (Å²) in [6.45, 7) is 8.97. The summed E-state index contributed by atoms with van der Waals surface area (Å²) in [5.74, 6) is 0.513. The zero-order chi connectivity index (χ0) is 20.1. The Bertz CT molecular complexity index is 930. The van der Waals surface area contributed by atoms with Crippen LogP contribution in [-0.2, 0) is 6.61 Å². The molecular formula is C21H25N5O2. The maximum absolute atomic E-state index is 12.0. The Labute approximate surface area is 164 Å². The second-order valence-electron chi connectivity index (χ2n) is 7.14. The molecule has 2 N–H and O–H groups in total. The smallest absolute Gasteiger partial charge is 0.271 e. The van der Waals surface area contributed by atoms with E-state index in [0.717, 1.165) is 28.1 Å². The van der Waals surface area contributed by atoms with Gasteiger partial charge in [-0.1, -0.05) is 19.9 Å². The first kappa shape index (κ1) is 19.5. The quantitative estimate of drug-likeness (QED) is 0.656. The molecule has 0 aliphatic heterocycles. The number of aromatic nitrogens is 4. The number of carbonyl (C=O) groups is 1. The lowest BCUT2D eigenvalue weighted by Crippen LogP contribution is -2.28. The summed E-state index contributed by atoms with van der Waals surface area (Å²) in [7, 11) is 0. The van der Waals surface area contributed by atoms with E-state index in [1.54, 1.807) is 12.1 Å². The van der Waals surface area contributed by atoms with Gasteiger partial charge in [-0.25, -0.2) is 0 Å². The van der Waals surface area contributed by atoms with Gasteiger partial charge < -0.3 is 15.0 Å². The summed E-state index contributed by atoms with van der Waals surface area (Å²) < 4.78 is 5.80. The van der Waals surface area contributed by atoms with E-state index in [0.29, 0.717) is 24.9 Å². The van der Waals surface area contributed by atoms with E-state index in [9.17, 15) is 4.79 Å². The summed E-state index contributed by atoms with van der Waals surface area (Å²) in [6.07, 6.45) is 3.81. The number of pyridine rings is 1. The summed E-state index contributed by atoms with van der Waals surface area (Å²) in [5, 5.41) is 10.8. The van der Waals surface area contributed by atoms with Gasteiger partial charge in [0.15, 0.2) is 5.69 Å². The van der Waals surface area contributed by atoms with Crippen LogP contribution in [0.3, 0.4) is 0 Å². The van der Waals surface area contributed by atoms with Crippen LogP contribution in [0.5, 0.6) is 5.88 Å². The molecule has 0 aromatic carbocycles. The molecule has 3 heterocycles. The number of hydrogen-bond acceptors (Lipinski definition) is 5. The fourth-order valence-corrected chi connectivity index (χ4v) is 2.68. The predicted molar refractivity (Wildman–Crippen MR) is 107 cm³/mol. The Balaban J connectivity index is 1.67. The highest BCUT2D eigenvalue weighted by atomic mass is 16.5. The highest BCUT2D eigenvalue weighted by Crippen LogP contribution is 2.26. The van der Waals surface area contributed by atoms with Crippen LogP contribution in [0.1, 0.15) is 41.3 Å². The van der Waals surface area contributed by atoms with Crippen molar-refractivity contribution in [3.8, 4) is 17.0 Å². The average Bonchev–Trinajstić information content (AvgIpc) is 3.06. The average molecular weight is 379 g/mol. The SMILES string of the molecule is Cc1ccc(-c2c[nH]c(C)c2COc2ccc(C(=O)NCC(C)C)nn2)cn1. The topological polar surface area (TPSA) is 92.8 Å². The van der Waals surface area contributed by atoms with Crippen molar-refractivity contribution < 1.29 is 9.53 Å². The Morgan fingerprint density at radius 3 is 2.64 bits per heavy atom. The van der Waals surface area contributed by atoms with Crippen molar-refractivity contribution in [3.05, 3.63) is 59.3 Å². The molecule has 146 valence electrons. The molecule has 28 heavy (non-hydrogen) atoms. The molecule has 0 radical (unpaired) electrons. The van der Waals surface area contributed by atoms with E-state index in [-0.39, 0.29) is 11.6 Å². The lowest BCUT2D eigenvalue weighted by Gasteiger charge is -2.09. The number of ether oxygens (including phenoxy) is 1. The molecule has 0 saturated heterocycles. The van der Waals surface area contributed by atoms with Crippen molar-refractivity contribution in [2.45, 2.75) is 34.3 Å². The van der Waals surface area contributed by atoms with Gasteiger partial charge in [0.2, 0.25) is 5.88 Å². The third-order valence-electron chi connectivity index (χ3n) is 4.34. The highest BCUT2D eigenvalue weighted by Gasteiger charge is 2.13. The fourth-order valence-electron chi connectivity index (χ4n) is 2.68. The van der Waals surface area contributed by atoms with Crippen molar-refractivity contribution in [1.82, 2.24) is 25.5 Å². The van der Waals surface area contributed by atoms with Crippen molar-refractivity contribution in [3.63, 3.8) is 0 Å². The molecule has 1 amide bonds. The van der Waals surface area contributed by atoms with Crippen molar-refractivity contribution in [2.75, 3.05) is 6.54 Å². The molecule has 0 bridgehead atoms. The molecule has 0 unspecified atom stereocenters. The zero-order valence-electron chi connectivity index (χ0n) is 16.6. The van der Waals surface area contributed by atoms with Crippen LogP contribution in [0.2, 0.25) is 0 Å². The third-order valence-corrected chi connectivity index (χ3v) is 4.34. The van der Waals surface area contributed by atoms with Crippen LogP contribution in [0, 0.1) is 19.8 Å². The van der Waals surface area contributed by atoms with Gasteiger partial charge in [0.25, 0.3) is 5.91 Å². The van der Waals surface area contributed by atoms with Crippen molar-refractivity contribution in [2.24, 2.45) is 5.92 Å². The molecule has 0 spiro atoms. The number of aryl methyl sites for hydroxylation is 2. The first-order valence-electron chi connectivity index (χ1n) is 9.28. The Kier molecular flexibility index (Phi) is 6.03. The number of hydrogen-bond donors (Lipinski definition) is 2. The standard InChI is InChI=1S/C21H25N5O2/c1-13(2)9-24-21(27)19-7-8-20(26-25-19)28-12-18-15(4)23-11-17(18)16-6-5-14(3)22-10-16/h5-8,10-11,13,23H,9,12H2,1-4H3,(H,24,27). The predicted octanol–water partition coefficient (Wildman–Crippen LogP) is 3.45. The van der Waals surface area contributed by atoms with Gasteiger partial charge in [-0.05, 0) is 31.9 Å². The van der Waals surface area contributed by atoms with Crippen LogP contribution in [0.4, 0.5) is 0 Å². The number of carbonyl (C=O) groups excluding carboxylic acids is 1. The summed E-state index contributed by atoms with van der Waals surface area (Å²) in [4.78, 5) is 19.6. The number of aromatic amines is 1. The first-order chi connectivity index (χ1) is 13.4. The van der Waals surface area contributed by atoms with Gasteiger partial charge in [-0.3, -0.25) is 9.78 Å². The second kappa shape index (κ2) is 8.65. The molecule has 7 heteroatoms. The first-order valence-corrected chi connectivity index (χ1v) is 9.28. The summed E-state index contributed by atoms with van der Waals surface area (Å²) >= 11 is 0. The molecule has 0 fully saturated rings. The van der Waals surface area contributed by atoms with Crippen LogP contribution >= 0.6 is 0 Å². The number of rotatable bonds is 7. The van der Waals surface area contributed by atoms with E-state index in [2.05, 4.69) is 25.5 Å². The summed E-state index contributed by atoms with van der Waals surface area (Å²) in [6, 6.07) is 7.30. The minimum Gasteiger partial charge on any atom is -0.472 e. The molecular weight excluding hydrogens is 354 g/mol. The van der Waals surface area contributed by atoms with Gasteiger partial charge in [0, 0.05) is 53.1 Å². The third kappa shape index (κ3) is 4.73. The largest absolute Gasteiger partial charge is 0.472 e. The molecule has 3 aromatic rings. The Hall–Kier alpha value is -3.22. The number of H-pyrrole nitrogens is 1. The van der Waals surface area contributed by atoms with Gasteiger partial charge in [0.05, 0.1) is 0 Å². The van der Waals surface area contributed by atoms with Crippen molar-refractivity contribution in [1.29, 1.82) is 0 Å². The molecule has 7 nitrogen and oxygen atoms in total. The summed E-state index contributed by atoms with van der Waals surface area (Å²) in [5.41, 5.74) is 5.37. The van der Waals surface area contributed by atoms with Crippen LogP contribution < -0.4 is 10.1 Å². The number of amides is 1. The monoisotopic (exact) mass is 379 g/mol. The van der Waals surface area contributed by atoms with Gasteiger partial charge in [-0.2, -0.15) is 0 Å². The molecule has 0 aliphatic carbocycles. The van der Waals surface area contributed by atoms with Crippen LogP contribution in [0.15, 0.2) is 36.7 Å². The van der Waals surface area contributed by atoms with Gasteiger partial charge in [0.1, 0.15) is 6.61 Å². The minimum absolute atomic E-state index is 0.233. The number of nitrogens with one attached hydrogen (secondary N) is 2. The lowest BCUT2D eigenvalue weighted by atomic mass is 10.1. The van der Waals surface area contributed by atoms with E-state index >= 15 is 0 Å². The Morgan fingerprint density at radius 2 is 2.00 bits per heavy atom. The fraction of sp³-hybridized carbons (Fsp3) is 0.333. The maximum Gasteiger partial charge on any atom is 0.271 e. The van der Waals surface area contributed by atoms with E-state index < -0.39 is 0 Å². The molecule has 0 atom stereocenters. The normalized spacial score (nSPS) is 10.9. The molecule has 3 rings (SSSR count). The van der Waals surface area contributed by atoms with Crippen LogP contribution in [0.25, 0.3) is 11.1 Å². The van der Waals surface area contributed by atoms with Gasteiger partial charge >= 0.3 is 0 Å².